The van der Waals surface area contributed by atoms with Gasteiger partial charge in [-0.15, -0.1) is 0 Å². The van der Waals surface area contributed by atoms with Crippen molar-refractivity contribution in [1.82, 2.24) is 5.32 Å². The number of ether oxygens (including phenoxy) is 1. The largest absolute Gasteiger partial charge is 0.444 e. The summed E-state index contributed by atoms with van der Waals surface area (Å²) in [5, 5.41) is 8.58. The smallest absolute Gasteiger partial charge is 0.407 e. The lowest BCUT2D eigenvalue weighted by molar-refractivity contribution is -0.116. The van der Waals surface area contributed by atoms with Crippen LogP contribution in [-0.4, -0.2) is 30.1 Å². The molecule has 0 saturated heterocycles. The Kier molecular flexibility index (Phi) is 8.63. The molecule has 0 aliphatic rings. The Balaban J connectivity index is 1.82. The van der Waals surface area contributed by atoms with Crippen LogP contribution in [-0.2, 0) is 14.3 Å². The third-order valence-electron chi connectivity index (χ3n) is 3.71. The van der Waals surface area contributed by atoms with Gasteiger partial charge in [0.2, 0.25) is 11.8 Å². The topological polar surface area (TPSA) is 96.5 Å². The Bertz CT molecular complexity index is 967. The van der Waals surface area contributed by atoms with E-state index in [9.17, 15) is 14.4 Å². The van der Waals surface area contributed by atoms with Gasteiger partial charge >= 0.3 is 6.09 Å². The van der Waals surface area contributed by atoms with Gasteiger partial charge < -0.3 is 20.7 Å². The van der Waals surface area contributed by atoms with E-state index in [4.69, 9.17) is 16.3 Å². The van der Waals surface area contributed by atoms with E-state index in [1.165, 1.54) is 6.08 Å². The van der Waals surface area contributed by atoms with Gasteiger partial charge in [-0.2, -0.15) is 0 Å². The molecule has 0 aliphatic heterocycles. The van der Waals surface area contributed by atoms with E-state index in [2.05, 4.69) is 16.0 Å². The molecule has 7 nitrogen and oxygen atoms in total. The fourth-order valence-corrected chi connectivity index (χ4v) is 2.66. The van der Waals surface area contributed by atoms with Gasteiger partial charge in [0.1, 0.15) is 5.60 Å². The highest BCUT2D eigenvalue weighted by molar-refractivity contribution is 6.30. The van der Waals surface area contributed by atoms with E-state index >= 15 is 0 Å². The molecule has 0 aliphatic carbocycles. The number of rotatable bonds is 7. The van der Waals surface area contributed by atoms with Crippen LogP contribution < -0.4 is 16.0 Å². The highest BCUT2D eigenvalue weighted by Gasteiger charge is 2.15. The minimum absolute atomic E-state index is 0.0816. The maximum Gasteiger partial charge on any atom is 0.407 e. The van der Waals surface area contributed by atoms with Crippen molar-refractivity contribution in [2.45, 2.75) is 32.8 Å². The summed E-state index contributed by atoms with van der Waals surface area (Å²) in [4.78, 5) is 35.8. The molecule has 0 aromatic heterocycles. The summed E-state index contributed by atoms with van der Waals surface area (Å²) in [6.07, 6.45) is 2.57. The van der Waals surface area contributed by atoms with E-state index < -0.39 is 11.7 Å². The fourth-order valence-electron chi connectivity index (χ4n) is 2.46. The van der Waals surface area contributed by atoms with Gasteiger partial charge in [0.25, 0.3) is 0 Å². The first kappa shape index (κ1) is 24.0. The summed E-state index contributed by atoms with van der Waals surface area (Å²) in [6, 6.07) is 13.9. The zero-order valence-corrected chi connectivity index (χ0v) is 18.5. The molecule has 31 heavy (non-hydrogen) atoms. The zero-order valence-electron chi connectivity index (χ0n) is 17.7. The van der Waals surface area contributed by atoms with Crippen LogP contribution in [0.25, 0.3) is 6.08 Å². The summed E-state index contributed by atoms with van der Waals surface area (Å²) in [6.45, 7) is 5.43. The number of benzene rings is 2. The number of alkyl carbamates (subject to hydrolysis) is 1. The second-order valence-electron chi connectivity index (χ2n) is 7.69. The van der Waals surface area contributed by atoms with Crippen molar-refractivity contribution in [3.8, 4) is 0 Å². The summed E-state index contributed by atoms with van der Waals surface area (Å²) >= 11 is 5.93. The van der Waals surface area contributed by atoms with Gasteiger partial charge in [0.05, 0.1) is 0 Å². The Morgan fingerprint density at radius 1 is 1.00 bits per heavy atom. The normalized spacial score (nSPS) is 11.1. The van der Waals surface area contributed by atoms with Gasteiger partial charge in [-0.3, -0.25) is 9.59 Å². The van der Waals surface area contributed by atoms with E-state index in [1.54, 1.807) is 69.3 Å². The van der Waals surface area contributed by atoms with Crippen molar-refractivity contribution in [3.05, 3.63) is 65.2 Å². The molecule has 0 saturated carbocycles. The molecule has 0 atom stereocenters. The van der Waals surface area contributed by atoms with Gasteiger partial charge in [0, 0.05) is 35.4 Å². The number of amides is 3. The van der Waals surface area contributed by atoms with Gasteiger partial charge in [-0.1, -0.05) is 29.8 Å². The molecule has 164 valence electrons. The SMILES string of the molecule is CC(C)(C)OC(=O)NCCC(=O)Nc1cccc(NC(=O)/C=C/c2cccc(Cl)c2)c1. The average molecular weight is 444 g/mol. The predicted molar refractivity (Wildman–Crippen MR) is 123 cm³/mol. The highest BCUT2D eigenvalue weighted by atomic mass is 35.5. The molecule has 3 N–H and O–H groups in total. The van der Waals surface area contributed by atoms with E-state index in [-0.39, 0.29) is 24.8 Å². The van der Waals surface area contributed by atoms with Crippen molar-refractivity contribution in [2.75, 3.05) is 17.2 Å². The molecule has 0 unspecified atom stereocenters. The highest BCUT2D eigenvalue weighted by Crippen LogP contribution is 2.16. The van der Waals surface area contributed by atoms with Crippen LogP contribution in [0.3, 0.4) is 0 Å². The standard InChI is InChI=1S/C23H26ClN3O4/c1-23(2,3)31-22(30)25-13-12-21(29)27-19-9-5-8-18(15-19)26-20(28)11-10-16-6-4-7-17(24)14-16/h4-11,14-15H,12-13H2,1-3H3,(H,25,30)(H,26,28)(H,27,29)/b11-10+. The van der Waals surface area contributed by atoms with Crippen molar-refractivity contribution < 1.29 is 19.1 Å². The van der Waals surface area contributed by atoms with Crippen LogP contribution in [0.15, 0.2) is 54.6 Å². The van der Waals surface area contributed by atoms with Gasteiger partial charge in [-0.25, -0.2) is 4.79 Å². The van der Waals surface area contributed by atoms with Gasteiger partial charge in [-0.05, 0) is 62.7 Å². The molecule has 0 heterocycles. The first-order chi connectivity index (χ1) is 14.6. The molecular formula is C23H26ClN3O4. The minimum atomic E-state index is -0.597. The molecule has 0 fully saturated rings. The monoisotopic (exact) mass is 443 g/mol. The number of halogens is 1. The third-order valence-corrected chi connectivity index (χ3v) is 3.95. The fraction of sp³-hybridized carbons (Fsp3) is 0.261. The van der Waals surface area contributed by atoms with Crippen molar-refractivity contribution in [3.63, 3.8) is 0 Å². The van der Waals surface area contributed by atoms with Crippen molar-refractivity contribution in [2.24, 2.45) is 0 Å². The Labute approximate surface area is 186 Å². The number of carbonyl (C=O) groups is 3. The molecule has 2 aromatic rings. The quantitative estimate of drug-likeness (QED) is 0.533. The maximum atomic E-state index is 12.1. The van der Waals surface area contributed by atoms with Crippen LogP contribution in [0, 0.1) is 0 Å². The Morgan fingerprint density at radius 3 is 2.35 bits per heavy atom. The number of nitrogens with one attached hydrogen (secondary N) is 3. The number of hydrogen-bond donors (Lipinski definition) is 3. The Morgan fingerprint density at radius 2 is 1.68 bits per heavy atom. The first-order valence-corrected chi connectivity index (χ1v) is 10.1. The van der Waals surface area contributed by atoms with Crippen molar-refractivity contribution >= 4 is 47.0 Å². The molecule has 0 spiro atoms. The lowest BCUT2D eigenvalue weighted by atomic mass is 10.2. The minimum Gasteiger partial charge on any atom is -0.444 e. The Hall–Kier alpha value is -3.32. The molecule has 3 amide bonds. The molecule has 2 rings (SSSR count). The predicted octanol–water partition coefficient (Wildman–Crippen LogP) is 4.85. The van der Waals surface area contributed by atoms with Crippen LogP contribution in [0.5, 0.6) is 0 Å². The van der Waals surface area contributed by atoms with E-state index in [0.717, 1.165) is 5.56 Å². The molecule has 0 bridgehead atoms. The lowest BCUT2D eigenvalue weighted by Crippen LogP contribution is -2.34. The number of anilines is 2. The molecule has 2 aromatic carbocycles. The van der Waals surface area contributed by atoms with E-state index in [0.29, 0.717) is 16.4 Å². The number of hydrogen-bond acceptors (Lipinski definition) is 4. The second kappa shape index (κ2) is 11.2. The first-order valence-electron chi connectivity index (χ1n) is 9.72. The number of carbonyl (C=O) groups excluding carboxylic acids is 3. The molecular weight excluding hydrogens is 418 g/mol. The summed E-state index contributed by atoms with van der Waals surface area (Å²) in [5.74, 6) is -0.592. The summed E-state index contributed by atoms with van der Waals surface area (Å²) < 4.78 is 5.11. The summed E-state index contributed by atoms with van der Waals surface area (Å²) in [5.41, 5.74) is 1.27. The van der Waals surface area contributed by atoms with Crippen LogP contribution >= 0.6 is 11.6 Å². The molecule has 8 heteroatoms. The lowest BCUT2D eigenvalue weighted by Gasteiger charge is -2.19. The van der Waals surface area contributed by atoms with Crippen LogP contribution in [0.2, 0.25) is 5.02 Å². The third kappa shape index (κ3) is 9.82. The van der Waals surface area contributed by atoms with Crippen LogP contribution in [0.4, 0.5) is 16.2 Å². The van der Waals surface area contributed by atoms with Gasteiger partial charge in [0.15, 0.2) is 0 Å². The summed E-state index contributed by atoms with van der Waals surface area (Å²) in [7, 11) is 0. The molecule has 0 radical (unpaired) electrons. The second-order valence-corrected chi connectivity index (χ2v) is 8.12. The maximum absolute atomic E-state index is 12.1. The average Bonchev–Trinajstić information content (AvgIpc) is 2.65. The zero-order chi connectivity index (χ0) is 22.9. The van der Waals surface area contributed by atoms with Crippen LogP contribution in [0.1, 0.15) is 32.8 Å². The van der Waals surface area contributed by atoms with Crippen molar-refractivity contribution in [1.29, 1.82) is 0 Å². The van der Waals surface area contributed by atoms with E-state index in [1.807, 2.05) is 6.07 Å².